The molecule has 0 bridgehead atoms. The first-order valence-corrected chi connectivity index (χ1v) is 12.5. The number of nitrogens with one attached hydrogen (secondary N) is 3. The van der Waals surface area contributed by atoms with Gasteiger partial charge in [0.05, 0.1) is 12.1 Å². The molecule has 0 aliphatic carbocycles. The molecular weight excluding hydrogens is 454 g/mol. The molecule has 1 aliphatic rings. The molecule has 5 rings (SSSR count). The molecule has 3 aromatic heterocycles. The van der Waals surface area contributed by atoms with Gasteiger partial charge in [0.1, 0.15) is 17.0 Å². The third-order valence-corrected chi connectivity index (χ3v) is 6.87. The maximum absolute atomic E-state index is 12.8. The monoisotopic (exact) mass is 487 g/mol. The fourth-order valence-electron chi connectivity index (χ4n) is 4.95. The lowest BCUT2D eigenvalue weighted by atomic mass is 9.87. The lowest BCUT2D eigenvalue weighted by molar-refractivity contribution is 0.0951. The van der Waals surface area contributed by atoms with Gasteiger partial charge in [0.2, 0.25) is 5.95 Å². The van der Waals surface area contributed by atoms with Crippen molar-refractivity contribution in [1.29, 1.82) is 0 Å². The molecule has 188 valence electrons. The number of anilines is 2. The van der Waals surface area contributed by atoms with Crippen molar-refractivity contribution in [3.63, 3.8) is 0 Å². The minimum absolute atomic E-state index is 0.153. The summed E-state index contributed by atoms with van der Waals surface area (Å²) in [7, 11) is 0. The van der Waals surface area contributed by atoms with Gasteiger partial charge < -0.3 is 26.1 Å². The number of fused-ring (bicyclic) bond motifs is 1. The Bertz CT molecular complexity index is 1330. The van der Waals surface area contributed by atoms with E-state index in [0.717, 1.165) is 67.4 Å². The van der Waals surface area contributed by atoms with E-state index < -0.39 is 0 Å². The number of imidazole rings is 1. The molecule has 0 radical (unpaired) electrons. The highest BCUT2D eigenvalue weighted by molar-refractivity contribution is 5.99. The number of nitrogens with zero attached hydrogens (tertiary/aromatic N) is 3. The van der Waals surface area contributed by atoms with Crippen LogP contribution in [0.15, 0.2) is 59.1 Å². The minimum Gasteiger partial charge on any atom is -0.464 e. The molecule has 1 amide bonds. The lowest BCUT2D eigenvalue weighted by Gasteiger charge is -2.34. The zero-order chi connectivity index (χ0) is 25.0. The number of carbonyl (C=O) groups excluding carboxylic acids is 1. The summed E-state index contributed by atoms with van der Waals surface area (Å²) in [5, 5.41) is 10.4. The van der Waals surface area contributed by atoms with E-state index in [2.05, 4.69) is 25.5 Å². The number of aryl methyl sites for hydroxylation is 1. The van der Waals surface area contributed by atoms with Crippen LogP contribution in [0.5, 0.6) is 0 Å². The number of rotatable bonds is 8. The maximum Gasteiger partial charge on any atom is 0.253 e. The second-order valence-electron chi connectivity index (χ2n) is 9.48. The first-order chi connectivity index (χ1) is 17.5. The maximum atomic E-state index is 12.8. The van der Waals surface area contributed by atoms with Gasteiger partial charge in [-0.1, -0.05) is 12.1 Å². The third-order valence-electron chi connectivity index (χ3n) is 6.87. The molecule has 4 aromatic rings. The van der Waals surface area contributed by atoms with Gasteiger partial charge in [-0.05, 0) is 82.1 Å². The average molecular weight is 488 g/mol. The number of furan rings is 1. The van der Waals surface area contributed by atoms with E-state index in [-0.39, 0.29) is 11.4 Å². The number of pyridine rings is 1. The predicted octanol–water partition coefficient (Wildman–Crippen LogP) is 3.71. The van der Waals surface area contributed by atoms with Crippen LogP contribution in [0.3, 0.4) is 0 Å². The van der Waals surface area contributed by atoms with Gasteiger partial charge in [-0.15, -0.1) is 0 Å². The molecule has 0 spiro atoms. The summed E-state index contributed by atoms with van der Waals surface area (Å²) in [4.78, 5) is 22.3. The fourth-order valence-corrected chi connectivity index (χ4v) is 4.95. The molecule has 1 fully saturated rings. The molecule has 36 heavy (non-hydrogen) atoms. The van der Waals surface area contributed by atoms with Crippen molar-refractivity contribution in [1.82, 2.24) is 25.2 Å². The Morgan fingerprint density at radius 1 is 1.17 bits per heavy atom. The van der Waals surface area contributed by atoms with Gasteiger partial charge in [0.15, 0.2) is 5.65 Å². The lowest BCUT2D eigenvalue weighted by Crippen LogP contribution is -2.43. The molecule has 1 saturated heterocycles. The summed E-state index contributed by atoms with van der Waals surface area (Å²) in [6.45, 7) is 4.86. The van der Waals surface area contributed by atoms with Crippen LogP contribution >= 0.6 is 0 Å². The van der Waals surface area contributed by atoms with Crippen molar-refractivity contribution >= 4 is 28.7 Å². The zero-order valence-electron chi connectivity index (χ0n) is 20.6. The number of para-hydroxylation sites is 1. The van der Waals surface area contributed by atoms with Gasteiger partial charge >= 0.3 is 0 Å². The van der Waals surface area contributed by atoms with E-state index in [0.29, 0.717) is 24.3 Å². The highest BCUT2D eigenvalue weighted by Crippen LogP contribution is 2.30. The van der Waals surface area contributed by atoms with Crippen LogP contribution in [-0.4, -0.2) is 45.6 Å². The zero-order valence-corrected chi connectivity index (χ0v) is 20.6. The molecular formula is C27H33N7O2. The number of hydrogen-bond acceptors (Lipinski definition) is 7. The number of carbonyl (C=O) groups is 1. The summed E-state index contributed by atoms with van der Waals surface area (Å²) in [5.74, 6) is 2.33. The molecule has 1 aliphatic heterocycles. The van der Waals surface area contributed by atoms with Crippen LogP contribution in [0.25, 0.3) is 11.2 Å². The smallest absolute Gasteiger partial charge is 0.253 e. The fraction of sp³-hybridized carbons (Fsp3) is 0.370. The van der Waals surface area contributed by atoms with Gasteiger partial charge in [-0.25, -0.2) is 9.97 Å². The Kier molecular flexibility index (Phi) is 6.90. The number of nitrogens with two attached hydrogens (primary N) is 1. The second-order valence-corrected chi connectivity index (χ2v) is 9.48. The summed E-state index contributed by atoms with van der Waals surface area (Å²) in [5.41, 5.74) is 8.38. The van der Waals surface area contributed by atoms with Crippen molar-refractivity contribution in [2.75, 3.05) is 30.7 Å². The van der Waals surface area contributed by atoms with Crippen LogP contribution < -0.4 is 21.7 Å². The van der Waals surface area contributed by atoms with Crippen molar-refractivity contribution in [3.8, 4) is 0 Å². The Morgan fingerprint density at radius 3 is 2.89 bits per heavy atom. The van der Waals surface area contributed by atoms with Gasteiger partial charge in [-0.3, -0.25) is 9.36 Å². The number of aromatic nitrogens is 3. The molecule has 5 N–H and O–H groups in total. The van der Waals surface area contributed by atoms with E-state index in [1.807, 2.05) is 43.3 Å². The molecule has 1 aromatic carbocycles. The summed E-state index contributed by atoms with van der Waals surface area (Å²) < 4.78 is 7.95. The topological polar surface area (TPSA) is 123 Å². The number of amides is 1. The van der Waals surface area contributed by atoms with E-state index in [1.54, 1.807) is 18.3 Å². The summed E-state index contributed by atoms with van der Waals surface area (Å²) in [6.07, 6.45) is 5.44. The van der Waals surface area contributed by atoms with Crippen LogP contribution in [0.4, 0.5) is 11.6 Å². The van der Waals surface area contributed by atoms with Gasteiger partial charge in [-0.2, -0.15) is 0 Å². The van der Waals surface area contributed by atoms with E-state index >= 15 is 0 Å². The van der Waals surface area contributed by atoms with Gasteiger partial charge in [0, 0.05) is 24.0 Å². The molecule has 1 atom stereocenters. The van der Waals surface area contributed by atoms with Crippen molar-refractivity contribution in [2.24, 2.45) is 0 Å². The highest BCUT2D eigenvalue weighted by Gasteiger charge is 2.33. The van der Waals surface area contributed by atoms with E-state index in [1.165, 1.54) is 0 Å². The second kappa shape index (κ2) is 10.4. The molecule has 0 saturated carbocycles. The van der Waals surface area contributed by atoms with Crippen LogP contribution in [0.2, 0.25) is 0 Å². The highest BCUT2D eigenvalue weighted by atomic mass is 16.3. The molecule has 9 nitrogen and oxygen atoms in total. The van der Waals surface area contributed by atoms with E-state index in [4.69, 9.17) is 15.1 Å². The first kappa shape index (κ1) is 23.9. The number of hydrogen-bond donors (Lipinski definition) is 4. The largest absolute Gasteiger partial charge is 0.464 e. The van der Waals surface area contributed by atoms with Gasteiger partial charge in [0.25, 0.3) is 5.91 Å². The molecule has 1 unspecified atom stereocenters. The van der Waals surface area contributed by atoms with Crippen LogP contribution in [0, 0.1) is 6.92 Å². The van der Waals surface area contributed by atoms with E-state index in [9.17, 15) is 4.79 Å². The summed E-state index contributed by atoms with van der Waals surface area (Å²) in [6, 6.07) is 15.0. The van der Waals surface area contributed by atoms with Crippen molar-refractivity contribution < 1.29 is 9.21 Å². The molecule has 9 heteroatoms. The first-order valence-electron chi connectivity index (χ1n) is 12.5. The van der Waals surface area contributed by atoms with Crippen molar-refractivity contribution in [3.05, 3.63) is 71.8 Å². The SMILES string of the molecule is Cc1ccc(Cn2c(NC3(CCNC(=O)c4ccccc4N)CCCNCC3)nc3cccnc32)o1. The Hall–Kier alpha value is -3.85. The summed E-state index contributed by atoms with van der Waals surface area (Å²) >= 11 is 0. The van der Waals surface area contributed by atoms with Crippen LogP contribution in [-0.2, 0) is 6.54 Å². The number of nitrogen functional groups attached to an aromatic ring is 1. The average Bonchev–Trinajstić information content (AvgIpc) is 3.35. The Labute approximate surface area is 210 Å². The Morgan fingerprint density at radius 2 is 2.06 bits per heavy atom. The van der Waals surface area contributed by atoms with Crippen LogP contribution in [0.1, 0.15) is 47.6 Å². The Balaban J connectivity index is 1.39. The number of benzene rings is 1. The predicted molar refractivity (Wildman–Crippen MR) is 141 cm³/mol. The minimum atomic E-state index is -0.239. The normalized spacial score (nSPS) is 18.1. The van der Waals surface area contributed by atoms with Crippen molar-refractivity contribution in [2.45, 2.75) is 44.7 Å². The quantitative estimate of drug-likeness (QED) is 0.279. The molecule has 4 heterocycles. The standard InChI is InChI=1S/C27H33N7O2/c1-19-9-10-20(36-19)18-34-24-23(8-4-15-30-24)32-26(34)33-27(11-5-14-29-16-12-27)13-17-31-25(35)21-6-2-3-7-22(21)28/h2-4,6-10,15,29H,5,11-14,16-18,28H2,1H3,(H,31,35)(H,32,33). The third kappa shape index (κ3) is 5.21.